The van der Waals surface area contributed by atoms with Crippen molar-refractivity contribution in [1.29, 1.82) is 0 Å². The third-order valence-corrected chi connectivity index (χ3v) is 5.14. The van der Waals surface area contributed by atoms with Crippen molar-refractivity contribution in [3.8, 4) is 0 Å². The monoisotopic (exact) mass is 380 g/mol. The molecule has 2 N–H and O–H groups in total. The number of amides is 2. The molecule has 0 aliphatic carbocycles. The molecule has 3 rings (SSSR count). The average molecular weight is 380 g/mol. The van der Waals surface area contributed by atoms with Crippen LogP contribution >= 0.6 is 0 Å². The number of nitrogens with zero attached hydrogens (tertiary/aromatic N) is 1. The van der Waals surface area contributed by atoms with Crippen LogP contribution in [0.1, 0.15) is 32.4 Å². The Bertz CT molecular complexity index is 708. The molecule has 27 heavy (non-hydrogen) atoms. The molecule has 2 amide bonds. The van der Waals surface area contributed by atoms with E-state index in [2.05, 4.69) is 5.32 Å². The van der Waals surface area contributed by atoms with Gasteiger partial charge >= 0.3 is 6.09 Å². The normalized spacial score (nSPS) is 25.8. The van der Waals surface area contributed by atoms with Crippen LogP contribution in [0.25, 0.3) is 0 Å². The van der Waals surface area contributed by atoms with Crippen LogP contribution in [0.15, 0.2) is 24.3 Å². The summed E-state index contributed by atoms with van der Waals surface area (Å²) in [6.45, 7) is 6.17. The molecule has 8 heteroatoms. The SMILES string of the molecule is CC(C)(C)C1C(c2ccc(F)cc2)NC(=O)C2(COCCOC2)N1C(=O)O. The molecule has 0 bridgehead atoms. The van der Waals surface area contributed by atoms with Crippen LogP contribution in [-0.2, 0) is 14.3 Å². The van der Waals surface area contributed by atoms with Crippen molar-refractivity contribution in [3.63, 3.8) is 0 Å². The lowest BCUT2D eigenvalue weighted by atomic mass is 9.74. The quantitative estimate of drug-likeness (QED) is 0.780. The standard InChI is InChI=1S/C19H25FN2O5/c1-18(2,3)15-14(12-4-6-13(20)7-5-12)21-16(23)19(22(15)17(24)25)10-26-8-9-27-11-19/h4-7,14-15H,8-11H2,1-3H3,(H,21,23)(H,24,25). The number of carbonyl (C=O) groups excluding carboxylic acids is 1. The average Bonchev–Trinajstić information content (AvgIpc) is 2.83. The Kier molecular flexibility index (Phi) is 5.14. The van der Waals surface area contributed by atoms with Gasteiger partial charge in [0.1, 0.15) is 5.82 Å². The highest BCUT2D eigenvalue weighted by molar-refractivity contribution is 5.92. The van der Waals surface area contributed by atoms with Gasteiger partial charge in [0.15, 0.2) is 5.54 Å². The summed E-state index contributed by atoms with van der Waals surface area (Å²) >= 11 is 0. The molecule has 2 aliphatic heterocycles. The minimum absolute atomic E-state index is 0.0755. The number of carbonyl (C=O) groups is 2. The first-order valence-corrected chi connectivity index (χ1v) is 8.91. The van der Waals surface area contributed by atoms with Crippen molar-refractivity contribution in [2.75, 3.05) is 26.4 Å². The number of benzene rings is 1. The number of rotatable bonds is 1. The second-order valence-electron chi connectivity index (χ2n) is 8.10. The Morgan fingerprint density at radius 1 is 1.22 bits per heavy atom. The van der Waals surface area contributed by atoms with E-state index in [0.29, 0.717) is 18.8 Å². The van der Waals surface area contributed by atoms with E-state index in [1.54, 1.807) is 12.1 Å². The van der Waals surface area contributed by atoms with Crippen LogP contribution in [0.2, 0.25) is 0 Å². The highest BCUT2D eigenvalue weighted by Gasteiger charge is 2.59. The highest BCUT2D eigenvalue weighted by atomic mass is 19.1. The number of hydrogen-bond acceptors (Lipinski definition) is 4. The number of hydrogen-bond donors (Lipinski definition) is 2. The molecule has 0 aromatic heterocycles. The molecule has 2 saturated heterocycles. The minimum atomic E-state index is -1.46. The summed E-state index contributed by atoms with van der Waals surface area (Å²) in [5.74, 6) is -0.869. The van der Waals surface area contributed by atoms with Gasteiger partial charge in [0.05, 0.1) is 38.5 Å². The van der Waals surface area contributed by atoms with E-state index >= 15 is 0 Å². The lowest BCUT2D eigenvalue weighted by Crippen LogP contribution is -2.75. The molecule has 7 nitrogen and oxygen atoms in total. The summed E-state index contributed by atoms with van der Waals surface area (Å²) in [6, 6.07) is 4.50. The van der Waals surface area contributed by atoms with Gasteiger partial charge in [-0.25, -0.2) is 9.18 Å². The zero-order chi connectivity index (χ0) is 19.8. The first kappa shape index (κ1) is 19.6. The topological polar surface area (TPSA) is 88.1 Å². The van der Waals surface area contributed by atoms with Crippen molar-refractivity contribution in [3.05, 3.63) is 35.6 Å². The molecule has 2 heterocycles. The van der Waals surface area contributed by atoms with Crippen LogP contribution in [0.4, 0.5) is 9.18 Å². The summed E-state index contributed by atoms with van der Waals surface area (Å²) in [7, 11) is 0. The Morgan fingerprint density at radius 2 is 1.78 bits per heavy atom. The number of halogens is 1. The van der Waals surface area contributed by atoms with Gasteiger partial charge in [0, 0.05) is 0 Å². The van der Waals surface area contributed by atoms with Gasteiger partial charge in [-0.05, 0) is 23.1 Å². The minimum Gasteiger partial charge on any atom is -0.465 e. The molecule has 1 spiro atoms. The zero-order valence-electron chi connectivity index (χ0n) is 15.7. The first-order valence-electron chi connectivity index (χ1n) is 8.91. The zero-order valence-corrected chi connectivity index (χ0v) is 15.7. The smallest absolute Gasteiger partial charge is 0.408 e. The fourth-order valence-electron chi connectivity index (χ4n) is 3.92. The van der Waals surface area contributed by atoms with E-state index in [0.717, 1.165) is 0 Å². The third-order valence-electron chi connectivity index (χ3n) is 5.14. The fourth-order valence-corrected chi connectivity index (χ4v) is 3.92. The van der Waals surface area contributed by atoms with Crippen LogP contribution in [0.5, 0.6) is 0 Å². The van der Waals surface area contributed by atoms with Gasteiger partial charge in [-0.1, -0.05) is 32.9 Å². The maximum atomic E-state index is 13.4. The van der Waals surface area contributed by atoms with E-state index in [9.17, 15) is 19.1 Å². The van der Waals surface area contributed by atoms with E-state index in [1.807, 2.05) is 20.8 Å². The second kappa shape index (κ2) is 7.09. The number of carboxylic acid groups (broad SMARTS) is 1. The predicted molar refractivity (Wildman–Crippen MR) is 94.8 cm³/mol. The molecule has 2 atom stereocenters. The lowest BCUT2D eigenvalue weighted by Gasteiger charge is -2.54. The largest absolute Gasteiger partial charge is 0.465 e. The van der Waals surface area contributed by atoms with Gasteiger partial charge in [-0.3, -0.25) is 9.69 Å². The maximum Gasteiger partial charge on any atom is 0.408 e. The fraction of sp³-hybridized carbons (Fsp3) is 0.579. The molecule has 1 aromatic rings. The van der Waals surface area contributed by atoms with E-state index in [-0.39, 0.29) is 13.2 Å². The summed E-state index contributed by atoms with van der Waals surface area (Å²) < 4.78 is 24.4. The summed E-state index contributed by atoms with van der Waals surface area (Å²) in [5.41, 5.74) is -1.34. The lowest BCUT2D eigenvalue weighted by molar-refractivity contribution is -0.154. The molecule has 2 fully saturated rings. The van der Waals surface area contributed by atoms with Crippen molar-refractivity contribution >= 4 is 12.0 Å². The molecule has 1 aromatic carbocycles. The third kappa shape index (κ3) is 3.51. The summed E-state index contributed by atoms with van der Waals surface area (Å²) in [4.78, 5) is 26.6. The van der Waals surface area contributed by atoms with Gasteiger partial charge in [0.2, 0.25) is 0 Å². The van der Waals surface area contributed by atoms with Crippen LogP contribution in [-0.4, -0.2) is 60.0 Å². The molecule has 148 valence electrons. The summed E-state index contributed by atoms with van der Waals surface area (Å²) in [6.07, 6.45) is -1.22. The van der Waals surface area contributed by atoms with E-state index in [4.69, 9.17) is 9.47 Å². The molecule has 0 radical (unpaired) electrons. The van der Waals surface area contributed by atoms with E-state index < -0.39 is 40.9 Å². The van der Waals surface area contributed by atoms with E-state index in [1.165, 1.54) is 17.0 Å². The van der Waals surface area contributed by atoms with Gasteiger partial charge in [-0.2, -0.15) is 0 Å². The molecule has 2 unspecified atom stereocenters. The molecule has 0 saturated carbocycles. The van der Waals surface area contributed by atoms with Crippen molar-refractivity contribution in [1.82, 2.24) is 10.2 Å². The molecular formula is C19H25FN2O5. The van der Waals surface area contributed by atoms with Crippen molar-refractivity contribution in [2.45, 2.75) is 38.4 Å². The molecule has 2 aliphatic rings. The van der Waals surface area contributed by atoms with Gasteiger partial charge < -0.3 is 19.9 Å². The number of ether oxygens (including phenoxy) is 2. The summed E-state index contributed by atoms with van der Waals surface area (Å²) in [5, 5.41) is 13.0. The molecular weight excluding hydrogens is 355 g/mol. The Labute approximate surface area is 157 Å². The number of nitrogens with one attached hydrogen (secondary N) is 1. The van der Waals surface area contributed by atoms with Crippen LogP contribution in [0, 0.1) is 11.2 Å². The van der Waals surface area contributed by atoms with Gasteiger partial charge in [-0.15, -0.1) is 0 Å². The Hall–Kier alpha value is -2.19. The number of piperazine rings is 1. The Morgan fingerprint density at radius 3 is 2.26 bits per heavy atom. The van der Waals surface area contributed by atoms with Crippen LogP contribution in [0.3, 0.4) is 0 Å². The second-order valence-corrected chi connectivity index (χ2v) is 8.10. The Balaban J connectivity index is 2.12. The van der Waals surface area contributed by atoms with Crippen molar-refractivity contribution in [2.24, 2.45) is 5.41 Å². The first-order chi connectivity index (χ1) is 12.7. The van der Waals surface area contributed by atoms with Crippen LogP contribution < -0.4 is 5.32 Å². The predicted octanol–water partition coefficient (Wildman–Crippen LogP) is 2.18. The van der Waals surface area contributed by atoms with Crippen molar-refractivity contribution < 1.29 is 28.6 Å². The van der Waals surface area contributed by atoms with Gasteiger partial charge in [0.25, 0.3) is 5.91 Å². The highest BCUT2D eigenvalue weighted by Crippen LogP contribution is 2.42. The maximum absolute atomic E-state index is 13.4.